The van der Waals surface area contributed by atoms with Gasteiger partial charge >= 0.3 is 6.03 Å². The fourth-order valence-corrected chi connectivity index (χ4v) is 2.81. The third-order valence-electron chi connectivity index (χ3n) is 4.06. The predicted octanol–water partition coefficient (Wildman–Crippen LogP) is 3.78. The summed E-state index contributed by atoms with van der Waals surface area (Å²) in [6.45, 7) is 0.460. The number of nitrogens with zero attached hydrogens (tertiary/aromatic N) is 4. The van der Waals surface area contributed by atoms with Gasteiger partial charge in [0.1, 0.15) is 12.4 Å². The smallest absolute Gasteiger partial charge is 0.319 e. The molecule has 0 aliphatic rings. The van der Waals surface area contributed by atoms with E-state index in [1.807, 2.05) is 0 Å². The number of fused-ring (bicyclic) bond motifs is 1. The predicted molar refractivity (Wildman–Crippen MR) is 110 cm³/mol. The van der Waals surface area contributed by atoms with E-state index in [2.05, 4.69) is 25.9 Å². The van der Waals surface area contributed by atoms with Gasteiger partial charge in [0, 0.05) is 22.3 Å². The Hall–Kier alpha value is -3.72. The van der Waals surface area contributed by atoms with Crippen LogP contribution in [0.1, 0.15) is 0 Å². The van der Waals surface area contributed by atoms with Gasteiger partial charge < -0.3 is 15.4 Å². The van der Waals surface area contributed by atoms with Crippen LogP contribution in [0.15, 0.2) is 60.7 Å². The SMILES string of the molecule is O=C(NCCOc1ccc2nnc(-c3cccc(F)c3)n2n1)Nc1ccc(Cl)cc1. The Morgan fingerprint density at radius 3 is 2.73 bits per heavy atom. The molecule has 0 saturated carbocycles. The average Bonchev–Trinajstić information content (AvgIpc) is 3.16. The molecule has 0 fully saturated rings. The van der Waals surface area contributed by atoms with Crippen molar-refractivity contribution in [2.45, 2.75) is 0 Å². The molecule has 2 aromatic carbocycles. The van der Waals surface area contributed by atoms with Gasteiger partial charge in [-0.15, -0.1) is 15.3 Å². The van der Waals surface area contributed by atoms with E-state index in [9.17, 15) is 9.18 Å². The van der Waals surface area contributed by atoms with E-state index in [-0.39, 0.29) is 25.0 Å². The number of nitrogens with one attached hydrogen (secondary N) is 2. The van der Waals surface area contributed by atoms with Crippen molar-refractivity contribution in [3.8, 4) is 17.3 Å². The van der Waals surface area contributed by atoms with Crippen LogP contribution in [-0.4, -0.2) is 39.0 Å². The summed E-state index contributed by atoms with van der Waals surface area (Å²) in [4.78, 5) is 11.9. The number of ether oxygens (including phenoxy) is 1. The summed E-state index contributed by atoms with van der Waals surface area (Å²) in [5.41, 5.74) is 1.68. The lowest BCUT2D eigenvalue weighted by Crippen LogP contribution is -2.32. The highest BCUT2D eigenvalue weighted by atomic mass is 35.5. The topological polar surface area (TPSA) is 93.4 Å². The number of amides is 2. The van der Waals surface area contributed by atoms with E-state index in [1.54, 1.807) is 48.5 Å². The maximum atomic E-state index is 13.5. The number of rotatable bonds is 6. The second kappa shape index (κ2) is 8.75. The molecule has 2 N–H and O–H groups in total. The van der Waals surface area contributed by atoms with Gasteiger partial charge in [0.2, 0.25) is 5.88 Å². The Balaban J connectivity index is 1.34. The average molecular weight is 427 g/mol. The molecule has 2 aromatic heterocycles. The van der Waals surface area contributed by atoms with E-state index < -0.39 is 0 Å². The monoisotopic (exact) mass is 426 g/mol. The summed E-state index contributed by atoms with van der Waals surface area (Å²) in [6.07, 6.45) is 0. The van der Waals surface area contributed by atoms with E-state index >= 15 is 0 Å². The molecule has 2 amide bonds. The third kappa shape index (κ3) is 4.64. The molecule has 0 unspecified atom stereocenters. The van der Waals surface area contributed by atoms with Crippen LogP contribution >= 0.6 is 11.6 Å². The van der Waals surface area contributed by atoms with Gasteiger partial charge in [0.15, 0.2) is 11.5 Å². The number of halogens is 2. The lowest BCUT2D eigenvalue weighted by Gasteiger charge is -2.09. The lowest BCUT2D eigenvalue weighted by atomic mass is 10.2. The molecule has 10 heteroatoms. The minimum absolute atomic E-state index is 0.198. The molecular weight excluding hydrogens is 411 g/mol. The first-order chi connectivity index (χ1) is 14.6. The summed E-state index contributed by atoms with van der Waals surface area (Å²) < 4.78 is 20.6. The molecule has 0 aliphatic carbocycles. The lowest BCUT2D eigenvalue weighted by molar-refractivity contribution is 0.246. The Kier molecular flexibility index (Phi) is 5.71. The Bertz CT molecular complexity index is 1180. The zero-order valence-corrected chi connectivity index (χ0v) is 16.3. The zero-order chi connectivity index (χ0) is 20.9. The van der Waals surface area contributed by atoms with Gasteiger partial charge in [0.05, 0.1) is 6.54 Å². The molecule has 0 spiro atoms. The van der Waals surface area contributed by atoms with Crippen molar-refractivity contribution in [3.05, 3.63) is 71.5 Å². The van der Waals surface area contributed by atoms with Crippen molar-refractivity contribution in [3.63, 3.8) is 0 Å². The Morgan fingerprint density at radius 1 is 1.10 bits per heavy atom. The molecule has 0 bridgehead atoms. The van der Waals surface area contributed by atoms with Crippen molar-refractivity contribution in [2.75, 3.05) is 18.5 Å². The number of hydrogen-bond acceptors (Lipinski definition) is 5. The summed E-state index contributed by atoms with van der Waals surface area (Å²) in [7, 11) is 0. The van der Waals surface area contributed by atoms with Gasteiger partial charge in [-0.3, -0.25) is 0 Å². The first-order valence-electron chi connectivity index (χ1n) is 9.00. The third-order valence-corrected chi connectivity index (χ3v) is 4.31. The van der Waals surface area contributed by atoms with Crippen LogP contribution in [0, 0.1) is 5.82 Å². The fraction of sp³-hybridized carbons (Fsp3) is 0.100. The number of urea groups is 1. The van der Waals surface area contributed by atoms with Gasteiger partial charge in [-0.2, -0.15) is 4.52 Å². The highest BCUT2D eigenvalue weighted by Crippen LogP contribution is 2.19. The number of aromatic nitrogens is 4. The van der Waals surface area contributed by atoms with Crippen LogP contribution in [0.4, 0.5) is 14.9 Å². The van der Waals surface area contributed by atoms with Gasteiger partial charge in [-0.1, -0.05) is 23.7 Å². The largest absolute Gasteiger partial charge is 0.475 e. The standard InChI is InChI=1S/C20H16ClFN6O2/c21-14-4-6-16(7-5-14)24-20(29)23-10-11-30-18-9-8-17-25-26-19(28(17)27-18)13-2-1-3-15(22)12-13/h1-9,12H,10-11H2,(H2,23,24,29). The second-order valence-corrected chi connectivity index (χ2v) is 6.65. The Morgan fingerprint density at radius 2 is 1.93 bits per heavy atom. The van der Waals surface area contributed by atoms with Crippen molar-refractivity contribution in [2.24, 2.45) is 0 Å². The number of anilines is 1. The van der Waals surface area contributed by atoms with Crippen LogP contribution in [0.3, 0.4) is 0 Å². The molecular formula is C20H16ClFN6O2. The Labute approximate surface area is 175 Å². The minimum Gasteiger partial charge on any atom is -0.475 e. The van der Waals surface area contributed by atoms with Crippen LogP contribution in [0.5, 0.6) is 5.88 Å². The first-order valence-corrected chi connectivity index (χ1v) is 9.38. The van der Waals surface area contributed by atoms with Crippen molar-refractivity contribution in [1.82, 2.24) is 25.1 Å². The van der Waals surface area contributed by atoms with Crippen molar-refractivity contribution >= 4 is 29.0 Å². The van der Waals surface area contributed by atoms with Crippen molar-refractivity contribution in [1.29, 1.82) is 0 Å². The molecule has 8 nitrogen and oxygen atoms in total. The minimum atomic E-state index is -0.375. The van der Waals surface area contributed by atoms with E-state index in [0.29, 0.717) is 33.6 Å². The highest BCUT2D eigenvalue weighted by Gasteiger charge is 2.11. The molecule has 2 heterocycles. The number of carbonyl (C=O) groups excluding carboxylic acids is 1. The second-order valence-electron chi connectivity index (χ2n) is 6.21. The van der Waals surface area contributed by atoms with Gasteiger partial charge in [-0.05, 0) is 42.5 Å². The van der Waals surface area contributed by atoms with Crippen molar-refractivity contribution < 1.29 is 13.9 Å². The summed E-state index contributed by atoms with van der Waals surface area (Å²) in [5.74, 6) is 0.342. The molecule has 0 aliphatic heterocycles. The van der Waals surface area contributed by atoms with Crippen LogP contribution in [0.2, 0.25) is 5.02 Å². The number of carbonyl (C=O) groups is 1. The number of benzene rings is 2. The molecule has 30 heavy (non-hydrogen) atoms. The molecule has 0 radical (unpaired) electrons. The van der Waals surface area contributed by atoms with Crippen LogP contribution in [-0.2, 0) is 0 Å². The maximum Gasteiger partial charge on any atom is 0.319 e. The summed E-state index contributed by atoms with van der Waals surface area (Å²) in [5, 5.41) is 18.4. The van der Waals surface area contributed by atoms with Gasteiger partial charge in [-0.25, -0.2) is 9.18 Å². The zero-order valence-electron chi connectivity index (χ0n) is 15.5. The molecule has 0 atom stereocenters. The summed E-state index contributed by atoms with van der Waals surface area (Å²) in [6, 6.07) is 15.8. The van der Waals surface area contributed by atoms with E-state index in [4.69, 9.17) is 16.3 Å². The van der Waals surface area contributed by atoms with Gasteiger partial charge in [0.25, 0.3) is 0 Å². The molecule has 0 saturated heterocycles. The van der Waals surface area contributed by atoms with Crippen LogP contribution < -0.4 is 15.4 Å². The maximum absolute atomic E-state index is 13.5. The molecule has 4 rings (SSSR count). The molecule has 4 aromatic rings. The quantitative estimate of drug-likeness (QED) is 0.457. The van der Waals surface area contributed by atoms with Crippen LogP contribution in [0.25, 0.3) is 17.0 Å². The molecule has 152 valence electrons. The highest BCUT2D eigenvalue weighted by molar-refractivity contribution is 6.30. The van der Waals surface area contributed by atoms with E-state index in [0.717, 1.165) is 0 Å². The number of hydrogen-bond donors (Lipinski definition) is 2. The van der Waals surface area contributed by atoms with E-state index in [1.165, 1.54) is 16.6 Å². The summed E-state index contributed by atoms with van der Waals surface area (Å²) >= 11 is 5.81. The fourth-order valence-electron chi connectivity index (χ4n) is 2.69. The normalized spacial score (nSPS) is 10.7. The first kappa shape index (κ1) is 19.6.